The molecule has 0 radical (unpaired) electrons. The van der Waals surface area contributed by atoms with E-state index in [9.17, 15) is 18.0 Å². The lowest BCUT2D eigenvalue weighted by atomic mass is 10.3. The van der Waals surface area contributed by atoms with Crippen molar-refractivity contribution in [2.75, 3.05) is 10.6 Å². The largest absolute Gasteiger partial charge is 0.351 e. The Balaban J connectivity index is 0.000000295. The number of anilines is 2. The first-order valence-corrected chi connectivity index (χ1v) is 7.53. The van der Waals surface area contributed by atoms with Gasteiger partial charge in [0.15, 0.2) is 0 Å². The van der Waals surface area contributed by atoms with Crippen LogP contribution < -0.4 is 21.1 Å². The van der Waals surface area contributed by atoms with Gasteiger partial charge in [-0.2, -0.15) is 0 Å². The van der Waals surface area contributed by atoms with Crippen LogP contribution >= 0.6 is 11.5 Å². The van der Waals surface area contributed by atoms with Crippen LogP contribution in [-0.4, -0.2) is 30.1 Å². The molecule has 0 fully saturated rings. The van der Waals surface area contributed by atoms with Gasteiger partial charge in [-0.1, -0.05) is 22.7 Å². The molecule has 0 unspecified atom stereocenters. The SMILES string of the molecule is NC(=O)N[SH](=O)=O.O=C(Nc1ccccc1)Nc1cnns1. The van der Waals surface area contributed by atoms with E-state index in [-0.39, 0.29) is 6.03 Å². The average molecular weight is 344 g/mol. The Bertz CT molecular complexity index is 666. The minimum Gasteiger partial charge on any atom is -0.351 e. The average Bonchev–Trinajstić information content (AvgIpc) is 2.91. The molecule has 2 rings (SSSR count). The summed E-state index contributed by atoms with van der Waals surface area (Å²) in [5.74, 6) is 0. The fourth-order valence-electron chi connectivity index (χ4n) is 1.11. The van der Waals surface area contributed by atoms with Crippen molar-refractivity contribution in [1.29, 1.82) is 0 Å². The van der Waals surface area contributed by atoms with Crippen LogP contribution in [0.4, 0.5) is 20.3 Å². The molecule has 1 aromatic carbocycles. The fourth-order valence-corrected chi connectivity index (χ4v) is 1.70. The van der Waals surface area contributed by atoms with E-state index in [1.54, 1.807) is 0 Å². The number of amides is 4. The van der Waals surface area contributed by atoms with Crippen molar-refractivity contribution >= 4 is 45.2 Å². The van der Waals surface area contributed by atoms with Crippen molar-refractivity contribution < 1.29 is 18.0 Å². The second-order valence-electron chi connectivity index (χ2n) is 3.46. The molecule has 22 heavy (non-hydrogen) atoms. The van der Waals surface area contributed by atoms with Crippen LogP contribution in [0.25, 0.3) is 0 Å². The Morgan fingerprint density at radius 2 is 1.82 bits per heavy atom. The summed E-state index contributed by atoms with van der Waals surface area (Å²) in [5, 5.41) is 9.52. The second kappa shape index (κ2) is 9.25. The molecule has 4 amide bonds. The predicted octanol–water partition coefficient (Wildman–Crippen LogP) is 0.363. The van der Waals surface area contributed by atoms with Gasteiger partial charge in [0.25, 0.3) is 0 Å². The van der Waals surface area contributed by atoms with Gasteiger partial charge in [-0.3, -0.25) is 5.32 Å². The molecule has 118 valence electrons. The number of hydrogen-bond acceptors (Lipinski definition) is 7. The van der Waals surface area contributed by atoms with Crippen molar-refractivity contribution in [3.05, 3.63) is 36.5 Å². The standard InChI is InChI=1S/C9H8N4OS.CH4N2O3S/c14-9(12-8-6-10-13-15-8)11-7-4-2-1-3-5-7;2-1(4)3-7(5)6/h1-6H,(H2,11,12,14);7H,(H3,2,3,4,5,6). The maximum absolute atomic E-state index is 11.4. The third kappa shape index (κ3) is 7.76. The van der Waals surface area contributed by atoms with Crippen LogP contribution in [0.1, 0.15) is 0 Å². The van der Waals surface area contributed by atoms with Crippen LogP contribution in [0.15, 0.2) is 36.5 Å². The van der Waals surface area contributed by atoms with E-state index in [0.29, 0.717) is 5.00 Å². The van der Waals surface area contributed by atoms with Gasteiger partial charge in [-0.25, -0.2) is 22.7 Å². The number of rotatable bonds is 3. The number of nitrogens with two attached hydrogens (primary N) is 1. The zero-order chi connectivity index (χ0) is 16.4. The summed E-state index contributed by atoms with van der Waals surface area (Å²) >= 11 is 1.13. The van der Waals surface area contributed by atoms with Gasteiger partial charge in [-0.05, 0) is 12.1 Å². The van der Waals surface area contributed by atoms with E-state index in [1.165, 1.54) is 10.9 Å². The number of thiol groups is 1. The summed E-state index contributed by atoms with van der Waals surface area (Å²) in [7, 11) is -2.86. The summed E-state index contributed by atoms with van der Waals surface area (Å²) < 4.78 is 23.9. The van der Waals surface area contributed by atoms with E-state index >= 15 is 0 Å². The Hall–Kier alpha value is -2.73. The third-order valence-corrected chi connectivity index (χ3v) is 2.81. The van der Waals surface area contributed by atoms with Gasteiger partial charge in [0.2, 0.25) is 10.9 Å². The molecule has 0 saturated heterocycles. The monoisotopic (exact) mass is 344 g/mol. The fraction of sp³-hybridized carbons (Fsp3) is 0. The Kier molecular flexibility index (Phi) is 7.28. The van der Waals surface area contributed by atoms with E-state index in [2.05, 4.69) is 26.0 Å². The minimum atomic E-state index is -2.86. The van der Waals surface area contributed by atoms with Gasteiger partial charge in [0, 0.05) is 17.2 Å². The van der Waals surface area contributed by atoms with E-state index in [4.69, 9.17) is 0 Å². The number of carbonyl (C=O) groups excluding carboxylic acids is 2. The maximum Gasteiger partial charge on any atom is 0.325 e. The molecule has 0 aliphatic rings. The molecule has 2 aromatic rings. The van der Waals surface area contributed by atoms with Gasteiger partial charge in [0.1, 0.15) is 5.00 Å². The molecule has 0 aliphatic heterocycles. The smallest absolute Gasteiger partial charge is 0.325 e. The number of para-hydroxylation sites is 1. The van der Waals surface area contributed by atoms with Gasteiger partial charge in [0.05, 0.1) is 6.20 Å². The first kappa shape index (κ1) is 17.3. The molecule has 0 atom stereocenters. The van der Waals surface area contributed by atoms with E-state index in [0.717, 1.165) is 17.2 Å². The number of aromatic nitrogens is 2. The molecule has 0 spiro atoms. The summed E-state index contributed by atoms with van der Waals surface area (Å²) in [4.78, 5) is 20.9. The highest BCUT2D eigenvalue weighted by atomic mass is 32.2. The topological polar surface area (TPSA) is 156 Å². The predicted molar refractivity (Wildman–Crippen MR) is 82.0 cm³/mol. The normalized spacial score (nSPS) is 9.32. The highest BCUT2D eigenvalue weighted by molar-refractivity contribution is 7.70. The van der Waals surface area contributed by atoms with Crippen LogP contribution in [0, 0.1) is 0 Å². The zero-order valence-electron chi connectivity index (χ0n) is 10.9. The number of nitrogens with zero attached hydrogens (tertiary/aromatic N) is 2. The molecule has 0 bridgehead atoms. The van der Waals surface area contributed by atoms with E-state index < -0.39 is 16.9 Å². The highest BCUT2D eigenvalue weighted by Gasteiger charge is 2.03. The van der Waals surface area contributed by atoms with Crippen LogP contribution in [0.2, 0.25) is 0 Å². The number of carbonyl (C=O) groups is 2. The summed E-state index contributed by atoms with van der Waals surface area (Å²) in [6.07, 6.45) is 1.50. The van der Waals surface area contributed by atoms with Crippen molar-refractivity contribution in [3.8, 4) is 0 Å². The molecule has 12 heteroatoms. The first-order chi connectivity index (χ1) is 10.5. The molecule has 10 nitrogen and oxygen atoms in total. The molecule has 0 aliphatic carbocycles. The number of nitrogens with one attached hydrogen (secondary N) is 3. The van der Waals surface area contributed by atoms with Crippen LogP contribution in [0.5, 0.6) is 0 Å². The Labute approximate surface area is 131 Å². The van der Waals surface area contributed by atoms with Crippen LogP contribution in [-0.2, 0) is 10.9 Å². The quantitative estimate of drug-likeness (QED) is 0.506. The number of hydrogen-bond donors (Lipinski definition) is 5. The molecule has 5 N–H and O–H groups in total. The lowest BCUT2D eigenvalue weighted by Crippen LogP contribution is -2.27. The Morgan fingerprint density at radius 3 is 2.27 bits per heavy atom. The summed E-state index contributed by atoms with van der Waals surface area (Å²) in [6, 6.07) is 7.85. The van der Waals surface area contributed by atoms with Crippen molar-refractivity contribution in [1.82, 2.24) is 14.3 Å². The van der Waals surface area contributed by atoms with Crippen molar-refractivity contribution in [2.45, 2.75) is 0 Å². The Morgan fingerprint density at radius 1 is 1.14 bits per heavy atom. The first-order valence-electron chi connectivity index (χ1n) is 5.58. The lowest BCUT2D eigenvalue weighted by Gasteiger charge is -2.04. The van der Waals surface area contributed by atoms with Crippen molar-refractivity contribution in [2.24, 2.45) is 5.73 Å². The minimum absolute atomic E-state index is 0.299. The van der Waals surface area contributed by atoms with Gasteiger partial charge in [-0.15, -0.1) is 5.10 Å². The lowest BCUT2D eigenvalue weighted by molar-refractivity contribution is 0.253. The highest BCUT2D eigenvalue weighted by Crippen LogP contribution is 2.10. The summed E-state index contributed by atoms with van der Waals surface area (Å²) in [6.45, 7) is 0. The molecule has 0 saturated carbocycles. The molecule has 1 heterocycles. The van der Waals surface area contributed by atoms with Crippen LogP contribution in [0.3, 0.4) is 0 Å². The molecule has 1 aromatic heterocycles. The number of benzene rings is 1. The maximum atomic E-state index is 11.4. The second-order valence-corrected chi connectivity index (χ2v) is 4.98. The van der Waals surface area contributed by atoms with Crippen molar-refractivity contribution in [3.63, 3.8) is 0 Å². The number of urea groups is 2. The molecular formula is C10H12N6O4S2. The third-order valence-electron chi connectivity index (χ3n) is 1.83. The van der Waals surface area contributed by atoms with Gasteiger partial charge >= 0.3 is 12.1 Å². The van der Waals surface area contributed by atoms with Gasteiger partial charge < -0.3 is 11.1 Å². The number of primary amides is 1. The zero-order valence-corrected chi connectivity index (χ0v) is 12.6. The van der Waals surface area contributed by atoms with E-state index in [1.807, 2.05) is 30.3 Å². The summed E-state index contributed by atoms with van der Waals surface area (Å²) in [5.41, 5.74) is 5.10. The molecular weight excluding hydrogens is 332 g/mol.